The van der Waals surface area contributed by atoms with E-state index in [1.54, 1.807) is 0 Å². The number of aliphatic hydroxyl groups excluding tert-OH is 2. The summed E-state index contributed by atoms with van der Waals surface area (Å²) in [6.07, 6.45) is -0.0883. The molecule has 0 bridgehead atoms. The zero-order valence-corrected chi connectivity index (χ0v) is 43.4. The second-order valence-electron chi connectivity index (χ2n) is 16.3. The lowest BCUT2D eigenvalue weighted by atomic mass is 9.90. The van der Waals surface area contributed by atoms with Gasteiger partial charge in [0.25, 0.3) is 5.56 Å². The van der Waals surface area contributed by atoms with Crippen molar-refractivity contribution in [2.24, 2.45) is 0 Å². The Morgan fingerprint density at radius 1 is 1.01 bits per heavy atom. The Morgan fingerprint density at radius 2 is 1.72 bits per heavy atom. The van der Waals surface area contributed by atoms with E-state index in [0.29, 0.717) is 12.8 Å². The minimum absolute atomic E-state index is 0.00576. The number of ether oxygens (including phenoxy) is 1. The molecule has 0 radical (unpaired) electrons. The Labute approximate surface area is 436 Å². The number of phosphoric acid groups is 1. The maximum atomic E-state index is 13.3. The minimum Gasteiger partial charge on any atom is -0.505 e. The molecule has 30 heteroatoms. The fourth-order valence-corrected chi connectivity index (χ4v) is 12.5. The molecule has 2 amide bonds. The van der Waals surface area contributed by atoms with Crippen LogP contribution >= 0.6 is 85.0 Å². The summed E-state index contributed by atoms with van der Waals surface area (Å²) in [6.45, 7) is -0.320. The SMILES string of the molecule is Cc1cn([C@H]2C[C@H](O)[C@@H](COP(=O)(O)OP(=O)(O)C3C[C@@H](CO)N(C(=O)CCCCCNC(=O)/C=C/C(Cl)=C(C(=O)O)\C(=C\Cl)c4c5cc(Cl)c(=O)c(Cl)c-5oc5c(Cl)c(O)c(Cl)cc45)C3)O2)c(=O)[nH]c1=O. The maximum Gasteiger partial charge on any atom is 0.479 e. The number of nitrogens with one attached hydrogen (secondary N) is 2. The molecule has 3 aliphatic heterocycles. The first kappa shape index (κ1) is 57.2. The number of phosphoric ester groups is 1. The van der Waals surface area contributed by atoms with Crippen LogP contribution in [-0.2, 0) is 37.1 Å². The summed E-state index contributed by atoms with van der Waals surface area (Å²) in [5.41, 5.74) is -3.99. The lowest BCUT2D eigenvalue weighted by Crippen LogP contribution is -2.37. The standard InChI is InChI=1S/C42H42Cl6N4O18P2/c1-18-14-52(42(62)50-40(18)59)31-12-27(54)28(68-31)17-67-72(65,66)70-71(63,64)20-9-19(16-53)51(15-20)30(56)5-3-2-4-8-49-29(55)7-6-24(44)33(41(60)61)23(13-43)32-21-10-25(45)36(57)34(47)38(21)69-39-22(32)11-26(46)37(58)35(39)48/h6-7,10-11,13-14,19-20,27-28,31,53-54,57H,2-5,8-9,12,15-17H2,1H3,(H,49,55)(H,60,61)(H,63,64)(H,65,66)(H,50,59,62)/b7-6+,23-13+,33-24-/t19-,20?,27-,28+,31+/m0/s1. The number of carbonyl (C=O) groups is 3. The summed E-state index contributed by atoms with van der Waals surface area (Å²) in [5, 5.41) is 41.7. The van der Waals surface area contributed by atoms with Gasteiger partial charge in [0.05, 0.1) is 51.7 Å². The van der Waals surface area contributed by atoms with Crippen LogP contribution in [0.1, 0.15) is 55.9 Å². The Bertz CT molecular complexity index is 3160. The third-order valence-corrected chi connectivity index (χ3v) is 16.9. The predicted molar refractivity (Wildman–Crippen MR) is 264 cm³/mol. The van der Waals surface area contributed by atoms with Gasteiger partial charge in [-0.3, -0.25) is 37.8 Å². The first-order chi connectivity index (χ1) is 33.8. The minimum atomic E-state index is -5.32. The second kappa shape index (κ2) is 23.6. The van der Waals surface area contributed by atoms with E-state index < -0.39 is 126 Å². The van der Waals surface area contributed by atoms with Gasteiger partial charge < -0.3 is 49.6 Å². The van der Waals surface area contributed by atoms with Gasteiger partial charge >= 0.3 is 27.1 Å². The van der Waals surface area contributed by atoms with Crippen molar-refractivity contribution in [2.75, 3.05) is 26.3 Å². The Balaban J connectivity index is 1.01. The number of phenolic OH excluding ortho intramolecular Hbond substituents is 1. The summed E-state index contributed by atoms with van der Waals surface area (Å²) in [6, 6.07) is 1.40. The van der Waals surface area contributed by atoms with Gasteiger partial charge in [0.2, 0.25) is 17.2 Å². The summed E-state index contributed by atoms with van der Waals surface area (Å²) in [5.74, 6) is -3.74. The zero-order chi connectivity index (χ0) is 53.1. The van der Waals surface area contributed by atoms with Crippen LogP contribution in [0, 0.1) is 6.92 Å². The van der Waals surface area contributed by atoms with Crippen molar-refractivity contribution >= 4 is 119 Å². The van der Waals surface area contributed by atoms with Gasteiger partial charge in [0.15, 0.2) is 17.1 Å². The molecule has 0 saturated carbocycles. The van der Waals surface area contributed by atoms with E-state index in [-0.39, 0.29) is 81.3 Å². The number of carboxylic acids is 1. The molecular weight excluding hydrogens is 1120 g/mol. The van der Waals surface area contributed by atoms with Gasteiger partial charge in [-0.2, -0.15) is 0 Å². The van der Waals surface area contributed by atoms with Gasteiger partial charge in [0.1, 0.15) is 22.4 Å². The number of carbonyl (C=O) groups excluding carboxylic acids is 2. The van der Waals surface area contributed by atoms with E-state index in [4.69, 9.17) is 87.6 Å². The number of halogens is 6. The number of aliphatic carboxylic acids is 1. The molecule has 72 heavy (non-hydrogen) atoms. The second-order valence-corrected chi connectivity index (χ2v) is 22.2. The van der Waals surface area contributed by atoms with Crippen LogP contribution in [-0.4, -0.2) is 113 Å². The Hall–Kier alpha value is -4.06. The monoisotopic (exact) mass is 1160 g/mol. The number of aromatic hydroxyl groups is 1. The highest BCUT2D eigenvalue weighted by Crippen LogP contribution is 2.64. The average molecular weight is 1170 g/mol. The number of carboxylic acid groups (broad SMARTS) is 1. The van der Waals surface area contributed by atoms with Crippen LogP contribution in [0.15, 0.2) is 65.4 Å². The highest BCUT2D eigenvalue weighted by Gasteiger charge is 2.48. The largest absolute Gasteiger partial charge is 0.505 e. The summed E-state index contributed by atoms with van der Waals surface area (Å²) < 4.78 is 48.1. The first-order valence-electron chi connectivity index (χ1n) is 21.2. The number of H-pyrrole nitrogens is 1. The average Bonchev–Trinajstić information content (AvgIpc) is 3.93. The van der Waals surface area contributed by atoms with Crippen LogP contribution in [0.2, 0.25) is 20.1 Å². The number of aliphatic hydroxyl groups is 2. The van der Waals surface area contributed by atoms with Gasteiger partial charge in [0, 0.05) is 71.4 Å². The molecule has 390 valence electrons. The first-order valence-corrected chi connectivity index (χ1v) is 26.7. The number of unbranched alkanes of at least 4 members (excludes halogenated alkanes) is 2. The molecule has 1 aromatic heterocycles. The third kappa shape index (κ3) is 12.7. The third-order valence-electron chi connectivity index (χ3n) is 11.5. The van der Waals surface area contributed by atoms with Crippen molar-refractivity contribution < 1.29 is 71.7 Å². The molecular formula is C42H42Cl6N4O18P2. The Kier molecular flexibility index (Phi) is 18.8. The number of rotatable bonds is 19. The predicted octanol–water partition coefficient (Wildman–Crippen LogP) is 6.39. The summed E-state index contributed by atoms with van der Waals surface area (Å²) in [4.78, 5) is 99.7. The molecule has 4 heterocycles. The summed E-state index contributed by atoms with van der Waals surface area (Å²) >= 11 is 37.8. The molecule has 1 aromatic carbocycles. The van der Waals surface area contributed by atoms with Crippen LogP contribution in [0.4, 0.5) is 0 Å². The van der Waals surface area contributed by atoms with E-state index in [0.717, 1.165) is 33.2 Å². The van der Waals surface area contributed by atoms with Gasteiger partial charge in [-0.25, -0.2) is 18.5 Å². The van der Waals surface area contributed by atoms with Crippen LogP contribution in [0.5, 0.6) is 5.75 Å². The van der Waals surface area contributed by atoms with Crippen molar-refractivity contribution in [1.82, 2.24) is 19.8 Å². The van der Waals surface area contributed by atoms with Crippen LogP contribution < -0.4 is 22.0 Å². The number of benzene rings is 2. The lowest BCUT2D eigenvalue weighted by Gasteiger charge is -2.24. The van der Waals surface area contributed by atoms with E-state index in [1.165, 1.54) is 19.2 Å². The summed E-state index contributed by atoms with van der Waals surface area (Å²) in [7, 11) is -10.3. The quantitative estimate of drug-likeness (QED) is 0.0166. The van der Waals surface area contributed by atoms with Crippen LogP contribution in [0.3, 0.4) is 0 Å². The Morgan fingerprint density at radius 3 is 2.39 bits per heavy atom. The van der Waals surface area contributed by atoms with Crippen LogP contribution in [0.25, 0.3) is 27.9 Å². The molecule has 6 rings (SSSR count). The highest BCUT2D eigenvalue weighted by molar-refractivity contribution is 7.64. The number of aromatic amines is 1. The molecule has 2 aromatic rings. The van der Waals surface area contributed by atoms with E-state index in [9.17, 15) is 68.1 Å². The van der Waals surface area contributed by atoms with Crippen molar-refractivity contribution in [3.63, 3.8) is 0 Å². The lowest BCUT2D eigenvalue weighted by molar-refractivity contribution is -0.133. The number of nitrogens with zero attached hydrogens (tertiary/aromatic N) is 2. The number of amides is 2. The fraction of sp³-hybridized carbons (Fsp3) is 0.381. The molecule has 2 fully saturated rings. The molecule has 22 nitrogen and oxygen atoms in total. The molecule has 1 aliphatic carbocycles. The number of likely N-dealkylation sites (tertiary alicyclic amines) is 1. The highest BCUT2D eigenvalue weighted by atomic mass is 35.5. The van der Waals surface area contributed by atoms with Gasteiger partial charge in [-0.1, -0.05) is 76.0 Å². The number of fused-ring (bicyclic) bond motifs is 2. The molecule has 4 aliphatic rings. The fourth-order valence-electron chi connectivity index (χ4n) is 7.94. The molecule has 2 saturated heterocycles. The number of aryl methyl sites for hydroxylation is 1. The smallest absolute Gasteiger partial charge is 0.479 e. The molecule has 0 spiro atoms. The molecule has 7 atom stereocenters. The van der Waals surface area contributed by atoms with Crippen molar-refractivity contribution in [3.8, 4) is 17.1 Å². The van der Waals surface area contributed by atoms with Crippen molar-refractivity contribution in [1.29, 1.82) is 0 Å². The zero-order valence-electron chi connectivity index (χ0n) is 37.1. The molecule has 3 unspecified atom stereocenters. The number of allylic oxidation sites excluding steroid dienone is 2. The van der Waals surface area contributed by atoms with Gasteiger partial charge in [-0.05, 0) is 44.4 Å². The van der Waals surface area contributed by atoms with Gasteiger partial charge in [-0.15, -0.1) is 0 Å². The van der Waals surface area contributed by atoms with E-state index in [1.807, 2.05) is 0 Å². The number of hydrogen-bond donors (Lipinski definition) is 8. The van der Waals surface area contributed by atoms with E-state index >= 15 is 0 Å². The van der Waals surface area contributed by atoms with E-state index in [2.05, 4.69) is 10.3 Å². The molecule has 8 N–H and O–H groups in total. The number of hydrogen-bond acceptors (Lipinski definition) is 15. The normalized spacial score (nSPS) is 21.6. The van der Waals surface area contributed by atoms with Crippen molar-refractivity contribution in [2.45, 2.75) is 75.6 Å². The number of phenols is 1. The number of aromatic nitrogens is 2. The van der Waals surface area contributed by atoms with Crippen molar-refractivity contribution in [3.05, 3.63) is 109 Å². The topological polar surface area (TPSA) is 335 Å². The maximum absolute atomic E-state index is 13.3.